The number of halogens is 1. The molecule has 27 heavy (non-hydrogen) atoms. The summed E-state index contributed by atoms with van der Waals surface area (Å²) in [4.78, 5) is 40.8. The minimum atomic E-state index is -1.21. The summed E-state index contributed by atoms with van der Waals surface area (Å²) in [5, 5.41) is 6.16. The summed E-state index contributed by atoms with van der Waals surface area (Å²) in [6.45, 7) is 1.86. The molecule has 6 nitrogen and oxygen atoms in total. The molecule has 136 valence electrons. The third-order valence-electron chi connectivity index (χ3n) is 5.85. The van der Waals surface area contributed by atoms with E-state index in [1.807, 2.05) is 31.2 Å². The van der Waals surface area contributed by atoms with Crippen LogP contribution < -0.4 is 15.5 Å². The zero-order valence-corrected chi connectivity index (χ0v) is 16.0. The van der Waals surface area contributed by atoms with E-state index in [4.69, 9.17) is 0 Å². The third kappa shape index (κ3) is 2.01. The van der Waals surface area contributed by atoms with E-state index in [0.29, 0.717) is 11.4 Å². The number of para-hydroxylation sites is 1. The average Bonchev–Trinajstić information content (AvgIpc) is 3.21. The lowest BCUT2D eigenvalue weighted by atomic mass is 9.76. The fraction of sp³-hybridized carbons (Fsp3) is 0.250. The number of hydrogen-bond acceptors (Lipinski definition) is 4. The number of imide groups is 1. The summed E-state index contributed by atoms with van der Waals surface area (Å²) in [5.74, 6) is -2.23. The predicted molar refractivity (Wildman–Crippen MR) is 103 cm³/mol. The highest BCUT2D eigenvalue weighted by Crippen LogP contribution is 2.53. The summed E-state index contributed by atoms with van der Waals surface area (Å²) < 4.78 is 0.862. The van der Waals surface area contributed by atoms with Crippen LogP contribution in [0.15, 0.2) is 53.0 Å². The topological polar surface area (TPSA) is 78.5 Å². The fourth-order valence-corrected chi connectivity index (χ4v) is 5.03. The van der Waals surface area contributed by atoms with Gasteiger partial charge in [-0.15, -0.1) is 0 Å². The molecule has 0 aromatic heterocycles. The molecule has 2 fully saturated rings. The van der Waals surface area contributed by atoms with Gasteiger partial charge < -0.3 is 5.32 Å². The van der Waals surface area contributed by atoms with Crippen LogP contribution in [0.4, 0.5) is 11.4 Å². The second-order valence-corrected chi connectivity index (χ2v) is 8.15. The summed E-state index contributed by atoms with van der Waals surface area (Å²) in [5.41, 5.74) is 0.729. The van der Waals surface area contributed by atoms with E-state index >= 15 is 0 Å². The van der Waals surface area contributed by atoms with Gasteiger partial charge in [0.15, 0.2) is 0 Å². The van der Waals surface area contributed by atoms with E-state index in [1.54, 1.807) is 24.3 Å². The first-order chi connectivity index (χ1) is 12.9. The quantitative estimate of drug-likeness (QED) is 0.687. The first-order valence-corrected chi connectivity index (χ1v) is 9.56. The summed E-state index contributed by atoms with van der Waals surface area (Å²) in [7, 11) is 0. The van der Waals surface area contributed by atoms with Gasteiger partial charge in [-0.25, -0.2) is 4.90 Å². The van der Waals surface area contributed by atoms with Crippen molar-refractivity contribution in [3.8, 4) is 0 Å². The molecule has 0 saturated carbocycles. The number of nitrogens with zero attached hydrogens (tertiary/aromatic N) is 1. The van der Waals surface area contributed by atoms with Crippen molar-refractivity contribution in [1.29, 1.82) is 0 Å². The molecule has 2 aromatic carbocycles. The van der Waals surface area contributed by atoms with Crippen molar-refractivity contribution in [2.45, 2.75) is 18.5 Å². The highest BCUT2D eigenvalue weighted by molar-refractivity contribution is 9.10. The summed E-state index contributed by atoms with van der Waals surface area (Å²) in [6.07, 6.45) is 0. The second-order valence-electron chi connectivity index (χ2n) is 7.23. The Balaban J connectivity index is 1.66. The molecule has 3 heterocycles. The number of fused-ring (bicyclic) bond motifs is 4. The van der Waals surface area contributed by atoms with Crippen LogP contribution in [0.2, 0.25) is 0 Å². The SMILES string of the molecule is C[C@H]1N[C@@]2(C(=O)Nc3ccccc32)[C@@H]2C(=O)N(c3ccc(Br)cc3)C(=O)[C@H]21. The molecule has 2 N–H and O–H groups in total. The van der Waals surface area contributed by atoms with Crippen molar-refractivity contribution in [2.75, 3.05) is 10.2 Å². The Kier molecular flexibility index (Phi) is 3.39. The highest BCUT2D eigenvalue weighted by Gasteiger charge is 2.69. The van der Waals surface area contributed by atoms with Gasteiger partial charge in [0.2, 0.25) is 17.7 Å². The first kappa shape index (κ1) is 16.6. The number of amides is 3. The molecule has 7 heteroatoms. The number of nitrogens with one attached hydrogen (secondary N) is 2. The van der Waals surface area contributed by atoms with E-state index in [-0.39, 0.29) is 23.8 Å². The maximum Gasteiger partial charge on any atom is 0.250 e. The predicted octanol–water partition coefficient (Wildman–Crippen LogP) is 2.39. The van der Waals surface area contributed by atoms with E-state index in [1.165, 1.54) is 4.90 Å². The van der Waals surface area contributed by atoms with Crippen LogP contribution in [0.1, 0.15) is 12.5 Å². The van der Waals surface area contributed by atoms with Gasteiger partial charge in [0, 0.05) is 21.8 Å². The van der Waals surface area contributed by atoms with Crippen molar-refractivity contribution >= 4 is 45.0 Å². The highest BCUT2D eigenvalue weighted by atomic mass is 79.9. The van der Waals surface area contributed by atoms with E-state index < -0.39 is 17.4 Å². The largest absolute Gasteiger partial charge is 0.324 e. The molecule has 0 bridgehead atoms. The standard InChI is InChI=1S/C20H16BrN3O3/c1-10-15-16(18(26)24(17(15)25)12-8-6-11(21)7-9-12)20(23-10)13-4-2-3-5-14(13)22-19(20)27/h2-10,15-16,23H,1H3,(H,22,27)/t10-,15+,16+,20-/m1/s1. The molecular formula is C20H16BrN3O3. The first-order valence-electron chi connectivity index (χ1n) is 8.77. The van der Waals surface area contributed by atoms with E-state index in [0.717, 1.165) is 10.0 Å². The zero-order valence-electron chi connectivity index (χ0n) is 14.4. The molecule has 3 amide bonds. The van der Waals surface area contributed by atoms with Crippen LogP contribution in [-0.4, -0.2) is 23.8 Å². The Hall–Kier alpha value is -2.51. The van der Waals surface area contributed by atoms with Gasteiger partial charge in [-0.3, -0.25) is 19.7 Å². The molecule has 5 rings (SSSR count). The van der Waals surface area contributed by atoms with Gasteiger partial charge in [0.1, 0.15) is 5.54 Å². The van der Waals surface area contributed by atoms with Crippen LogP contribution in [0.3, 0.4) is 0 Å². The van der Waals surface area contributed by atoms with Crippen molar-refractivity contribution in [3.05, 3.63) is 58.6 Å². The molecule has 4 atom stereocenters. The molecule has 0 radical (unpaired) electrons. The normalized spacial score (nSPS) is 31.4. The molecule has 3 aliphatic rings. The van der Waals surface area contributed by atoms with Crippen LogP contribution in [-0.2, 0) is 19.9 Å². The lowest BCUT2D eigenvalue weighted by Gasteiger charge is -2.29. The average molecular weight is 426 g/mol. The van der Waals surface area contributed by atoms with Crippen LogP contribution in [0.5, 0.6) is 0 Å². The maximum atomic E-state index is 13.4. The Bertz CT molecular complexity index is 1010. The number of anilines is 2. The molecule has 2 saturated heterocycles. The smallest absolute Gasteiger partial charge is 0.250 e. The minimum Gasteiger partial charge on any atom is -0.324 e. The molecule has 0 unspecified atom stereocenters. The maximum absolute atomic E-state index is 13.4. The molecule has 2 aromatic rings. The van der Waals surface area contributed by atoms with Crippen molar-refractivity contribution in [1.82, 2.24) is 5.32 Å². The zero-order chi connectivity index (χ0) is 18.9. The summed E-state index contributed by atoms with van der Waals surface area (Å²) >= 11 is 3.37. The Labute approximate surface area is 164 Å². The minimum absolute atomic E-state index is 0.263. The molecule has 3 aliphatic heterocycles. The van der Waals surface area contributed by atoms with Gasteiger partial charge >= 0.3 is 0 Å². The van der Waals surface area contributed by atoms with Gasteiger partial charge in [0.25, 0.3) is 0 Å². The number of benzene rings is 2. The van der Waals surface area contributed by atoms with Gasteiger partial charge in [-0.05, 0) is 37.3 Å². The Morgan fingerprint density at radius 1 is 1.00 bits per heavy atom. The number of rotatable bonds is 1. The molecule has 0 aliphatic carbocycles. The Morgan fingerprint density at radius 3 is 2.44 bits per heavy atom. The van der Waals surface area contributed by atoms with E-state index in [2.05, 4.69) is 26.6 Å². The van der Waals surface area contributed by atoms with E-state index in [9.17, 15) is 14.4 Å². The van der Waals surface area contributed by atoms with Gasteiger partial charge in [-0.1, -0.05) is 34.1 Å². The Morgan fingerprint density at radius 2 is 1.70 bits per heavy atom. The van der Waals surface area contributed by atoms with Crippen LogP contribution >= 0.6 is 15.9 Å². The molecular weight excluding hydrogens is 410 g/mol. The molecule has 1 spiro atoms. The monoisotopic (exact) mass is 425 g/mol. The second kappa shape index (κ2) is 5.50. The van der Waals surface area contributed by atoms with Gasteiger partial charge in [0.05, 0.1) is 17.5 Å². The number of hydrogen-bond donors (Lipinski definition) is 2. The number of carbonyl (C=O) groups is 3. The lowest BCUT2D eigenvalue weighted by Crippen LogP contribution is -2.53. The van der Waals surface area contributed by atoms with Crippen LogP contribution in [0, 0.1) is 11.8 Å². The number of carbonyl (C=O) groups excluding carboxylic acids is 3. The van der Waals surface area contributed by atoms with Crippen molar-refractivity contribution < 1.29 is 14.4 Å². The lowest BCUT2D eigenvalue weighted by molar-refractivity contribution is -0.130. The van der Waals surface area contributed by atoms with Crippen LogP contribution in [0.25, 0.3) is 0 Å². The fourth-order valence-electron chi connectivity index (χ4n) is 4.76. The third-order valence-corrected chi connectivity index (χ3v) is 6.38. The van der Waals surface area contributed by atoms with Gasteiger partial charge in [-0.2, -0.15) is 0 Å². The van der Waals surface area contributed by atoms with Crippen molar-refractivity contribution in [3.63, 3.8) is 0 Å². The van der Waals surface area contributed by atoms with Crippen molar-refractivity contribution in [2.24, 2.45) is 11.8 Å². The summed E-state index contributed by atoms with van der Waals surface area (Å²) in [6, 6.07) is 14.1.